The fourth-order valence-corrected chi connectivity index (χ4v) is 1.82. The van der Waals surface area contributed by atoms with E-state index in [2.05, 4.69) is 50.0 Å². The SMILES string of the molecule is CCn1ncnc1CC(C)C(C)CNC(C)C. The van der Waals surface area contributed by atoms with Crippen molar-refractivity contribution in [2.75, 3.05) is 6.54 Å². The summed E-state index contributed by atoms with van der Waals surface area (Å²) in [4.78, 5) is 4.34. The Morgan fingerprint density at radius 3 is 2.53 bits per heavy atom. The molecule has 17 heavy (non-hydrogen) atoms. The predicted molar refractivity (Wildman–Crippen MR) is 70.9 cm³/mol. The van der Waals surface area contributed by atoms with Crippen molar-refractivity contribution in [1.82, 2.24) is 20.1 Å². The number of hydrogen-bond acceptors (Lipinski definition) is 3. The molecule has 1 heterocycles. The van der Waals surface area contributed by atoms with Gasteiger partial charge in [-0.05, 0) is 25.3 Å². The zero-order chi connectivity index (χ0) is 12.8. The number of nitrogens with zero attached hydrogens (tertiary/aromatic N) is 3. The molecule has 0 aliphatic carbocycles. The third-order valence-corrected chi connectivity index (χ3v) is 3.32. The van der Waals surface area contributed by atoms with Crippen molar-refractivity contribution in [2.45, 2.75) is 53.6 Å². The largest absolute Gasteiger partial charge is 0.314 e. The van der Waals surface area contributed by atoms with E-state index >= 15 is 0 Å². The third kappa shape index (κ3) is 4.46. The molecule has 1 aromatic rings. The summed E-state index contributed by atoms with van der Waals surface area (Å²) in [5.74, 6) is 2.38. The van der Waals surface area contributed by atoms with E-state index in [9.17, 15) is 0 Å². The van der Waals surface area contributed by atoms with Gasteiger partial charge < -0.3 is 5.32 Å². The number of hydrogen-bond donors (Lipinski definition) is 1. The molecule has 0 saturated carbocycles. The van der Waals surface area contributed by atoms with Gasteiger partial charge in [0.2, 0.25) is 0 Å². The minimum absolute atomic E-state index is 0.559. The number of rotatable bonds is 7. The lowest BCUT2D eigenvalue weighted by Gasteiger charge is -2.21. The summed E-state index contributed by atoms with van der Waals surface area (Å²) in [7, 11) is 0. The highest BCUT2D eigenvalue weighted by atomic mass is 15.3. The molecule has 0 fully saturated rings. The van der Waals surface area contributed by atoms with Gasteiger partial charge in [0.1, 0.15) is 12.2 Å². The maximum absolute atomic E-state index is 4.34. The first-order valence-corrected chi connectivity index (χ1v) is 6.64. The van der Waals surface area contributed by atoms with Crippen LogP contribution in [0, 0.1) is 11.8 Å². The van der Waals surface area contributed by atoms with Crippen LogP contribution in [0.3, 0.4) is 0 Å². The average Bonchev–Trinajstić information content (AvgIpc) is 2.72. The molecule has 0 radical (unpaired) electrons. The van der Waals surface area contributed by atoms with Crippen molar-refractivity contribution in [2.24, 2.45) is 11.8 Å². The summed E-state index contributed by atoms with van der Waals surface area (Å²) in [6.07, 6.45) is 2.66. The summed E-state index contributed by atoms with van der Waals surface area (Å²) >= 11 is 0. The molecular weight excluding hydrogens is 212 g/mol. The van der Waals surface area contributed by atoms with Gasteiger partial charge in [-0.2, -0.15) is 5.10 Å². The highest BCUT2D eigenvalue weighted by Gasteiger charge is 2.15. The molecule has 1 N–H and O–H groups in total. The van der Waals surface area contributed by atoms with Crippen LogP contribution in [0.15, 0.2) is 6.33 Å². The predicted octanol–water partition coefficient (Wildman–Crippen LogP) is 2.11. The van der Waals surface area contributed by atoms with E-state index in [1.807, 2.05) is 4.68 Å². The van der Waals surface area contributed by atoms with Gasteiger partial charge in [-0.25, -0.2) is 4.98 Å². The molecule has 4 nitrogen and oxygen atoms in total. The number of aromatic nitrogens is 3. The maximum Gasteiger partial charge on any atom is 0.138 e. The molecule has 0 bridgehead atoms. The molecule has 0 aromatic carbocycles. The Morgan fingerprint density at radius 2 is 1.94 bits per heavy atom. The maximum atomic E-state index is 4.34. The Labute approximate surface area is 105 Å². The van der Waals surface area contributed by atoms with Crippen molar-refractivity contribution in [3.05, 3.63) is 12.2 Å². The molecular formula is C13H26N4. The Morgan fingerprint density at radius 1 is 1.24 bits per heavy atom. The van der Waals surface area contributed by atoms with E-state index in [4.69, 9.17) is 0 Å². The lowest BCUT2D eigenvalue weighted by molar-refractivity contribution is 0.345. The summed E-state index contributed by atoms with van der Waals surface area (Å²) in [6.45, 7) is 13.0. The van der Waals surface area contributed by atoms with E-state index in [0.717, 1.165) is 25.3 Å². The summed E-state index contributed by atoms with van der Waals surface area (Å²) in [5, 5.41) is 7.70. The van der Waals surface area contributed by atoms with E-state index in [-0.39, 0.29) is 0 Å². The lowest BCUT2D eigenvalue weighted by atomic mass is 9.92. The molecule has 2 atom stereocenters. The Balaban J connectivity index is 2.45. The van der Waals surface area contributed by atoms with Gasteiger partial charge in [0, 0.05) is 19.0 Å². The standard InChI is InChI=1S/C13H26N4/c1-6-17-13(15-9-16-17)7-11(4)12(5)8-14-10(2)3/h9-12,14H,6-8H2,1-5H3. The van der Waals surface area contributed by atoms with Crippen molar-refractivity contribution in [1.29, 1.82) is 0 Å². The van der Waals surface area contributed by atoms with Crippen LogP contribution in [-0.2, 0) is 13.0 Å². The second-order valence-corrected chi connectivity index (χ2v) is 5.21. The lowest BCUT2D eigenvalue weighted by Crippen LogP contribution is -2.31. The van der Waals surface area contributed by atoms with Gasteiger partial charge in [-0.3, -0.25) is 4.68 Å². The molecule has 1 aromatic heterocycles. The van der Waals surface area contributed by atoms with Crippen LogP contribution in [0.5, 0.6) is 0 Å². The third-order valence-electron chi connectivity index (χ3n) is 3.32. The van der Waals surface area contributed by atoms with Crippen LogP contribution in [0.4, 0.5) is 0 Å². The molecule has 0 amide bonds. The van der Waals surface area contributed by atoms with Crippen LogP contribution in [0.2, 0.25) is 0 Å². The van der Waals surface area contributed by atoms with Gasteiger partial charge in [-0.15, -0.1) is 0 Å². The Kier molecular flexibility index (Phi) is 5.62. The molecule has 0 spiro atoms. The smallest absolute Gasteiger partial charge is 0.138 e. The van der Waals surface area contributed by atoms with Crippen molar-refractivity contribution in [3.63, 3.8) is 0 Å². The van der Waals surface area contributed by atoms with Crippen LogP contribution in [-0.4, -0.2) is 27.4 Å². The molecule has 0 aliphatic rings. The topological polar surface area (TPSA) is 42.7 Å². The van der Waals surface area contributed by atoms with Crippen molar-refractivity contribution < 1.29 is 0 Å². The zero-order valence-electron chi connectivity index (χ0n) is 11.8. The molecule has 0 saturated heterocycles. The van der Waals surface area contributed by atoms with Crippen LogP contribution < -0.4 is 5.32 Å². The first-order chi connectivity index (χ1) is 8.04. The van der Waals surface area contributed by atoms with Crippen molar-refractivity contribution in [3.8, 4) is 0 Å². The number of aryl methyl sites for hydroxylation is 1. The first-order valence-electron chi connectivity index (χ1n) is 6.64. The van der Waals surface area contributed by atoms with Gasteiger partial charge >= 0.3 is 0 Å². The van der Waals surface area contributed by atoms with E-state index in [0.29, 0.717) is 17.9 Å². The fraction of sp³-hybridized carbons (Fsp3) is 0.846. The van der Waals surface area contributed by atoms with Crippen LogP contribution in [0.25, 0.3) is 0 Å². The summed E-state index contributed by atoms with van der Waals surface area (Å²) < 4.78 is 1.99. The monoisotopic (exact) mass is 238 g/mol. The van der Waals surface area contributed by atoms with Crippen LogP contribution >= 0.6 is 0 Å². The van der Waals surface area contributed by atoms with Crippen LogP contribution in [0.1, 0.15) is 40.4 Å². The van der Waals surface area contributed by atoms with Crippen molar-refractivity contribution >= 4 is 0 Å². The highest BCUT2D eigenvalue weighted by molar-refractivity contribution is 4.87. The minimum Gasteiger partial charge on any atom is -0.314 e. The molecule has 4 heteroatoms. The van der Waals surface area contributed by atoms with Gasteiger partial charge in [0.05, 0.1) is 0 Å². The summed E-state index contributed by atoms with van der Waals surface area (Å²) in [5.41, 5.74) is 0. The molecule has 98 valence electrons. The normalized spacial score (nSPS) is 15.2. The van der Waals surface area contributed by atoms with Gasteiger partial charge in [0.25, 0.3) is 0 Å². The van der Waals surface area contributed by atoms with E-state index in [1.54, 1.807) is 6.33 Å². The minimum atomic E-state index is 0.559. The quantitative estimate of drug-likeness (QED) is 0.791. The van der Waals surface area contributed by atoms with E-state index < -0.39 is 0 Å². The summed E-state index contributed by atoms with van der Waals surface area (Å²) in [6, 6.07) is 0.559. The molecule has 0 aliphatic heterocycles. The second-order valence-electron chi connectivity index (χ2n) is 5.21. The van der Waals surface area contributed by atoms with Gasteiger partial charge in [-0.1, -0.05) is 27.7 Å². The molecule has 1 rings (SSSR count). The van der Waals surface area contributed by atoms with E-state index in [1.165, 1.54) is 0 Å². The number of nitrogens with one attached hydrogen (secondary N) is 1. The fourth-order valence-electron chi connectivity index (χ4n) is 1.82. The zero-order valence-corrected chi connectivity index (χ0v) is 11.8. The second kappa shape index (κ2) is 6.74. The van der Waals surface area contributed by atoms with Gasteiger partial charge in [0.15, 0.2) is 0 Å². The Bertz CT molecular complexity index is 319. The first kappa shape index (κ1) is 14.2. The average molecular weight is 238 g/mol. The molecule has 2 unspecified atom stereocenters. The Hall–Kier alpha value is -0.900. The highest BCUT2D eigenvalue weighted by Crippen LogP contribution is 2.15.